The van der Waals surface area contributed by atoms with Gasteiger partial charge in [0, 0.05) is 10.9 Å². The molecule has 1 aliphatic carbocycles. The summed E-state index contributed by atoms with van der Waals surface area (Å²) in [5, 5.41) is 3.69. The average molecular weight is 337 g/mol. The molecule has 7 heteroatoms. The molecule has 1 aromatic heterocycles. The average Bonchev–Trinajstić information content (AvgIpc) is 2.62. The molecule has 1 N–H and O–H groups in total. The Labute approximate surface area is 115 Å². The van der Waals surface area contributed by atoms with Gasteiger partial charge in [-0.25, -0.2) is 13.1 Å². The van der Waals surface area contributed by atoms with Gasteiger partial charge in [-0.2, -0.15) is 0 Å². The highest BCUT2D eigenvalue weighted by atomic mass is 79.9. The van der Waals surface area contributed by atoms with Gasteiger partial charge in [-0.1, -0.05) is 21.1 Å². The molecule has 1 aliphatic rings. The van der Waals surface area contributed by atoms with Gasteiger partial charge in [0.15, 0.2) is 5.76 Å². The molecular weight excluding hydrogens is 320 g/mol. The van der Waals surface area contributed by atoms with Gasteiger partial charge in [0.1, 0.15) is 10.6 Å². The van der Waals surface area contributed by atoms with Crippen molar-refractivity contribution in [3.05, 3.63) is 11.5 Å². The quantitative estimate of drug-likeness (QED) is 0.859. The summed E-state index contributed by atoms with van der Waals surface area (Å²) in [7, 11) is -3.52. The highest BCUT2D eigenvalue weighted by Gasteiger charge is 2.28. The number of rotatable bonds is 3. The maximum atomic E-state index is 12.3. The summed E-state index contributed by atoms with van der Waals surface area (Å²) in [5.74, 6) is 0.342. The van der Waals surface area contributed by atoms with E-state index in [9.17, 15) is 8.42 Å². The molecule has 1 fully saturated rings. The first-order valence-electron chi connectivity index (χ1n) is 5.99. The Balaban J connectivity index is 2.13. The number of aromatic nitrogens is 1. The summed E-state index contributed by atoms with van der Waals surface area (Å²) < 4.78 is 32.2. The Morgan fingerprint density at radius 3 is 2.39 bits per heavy atom. The van der Waals surface area contributed by atoms with Crippen LogP contribution in [0.3, 0.4) is 0 Å². The van der Waals surface area contributed by atoms with Crippen molar-refractivity contribution in [2.45, 2.75) is 55.3 Å². The molecule has 0 aromatic carbocycles. The molecule has 2 rings (SSSR count). The van der Waals surface area contributed by atoms with Crippen LogP contribution >= 0.6 is 15.9 Å². The van der Waals surface area contributed by atoms with E-state index in [2.05, 4.69) is 25.8 Å². The minimum atomic E-state index is -3.52. The van der Waals surface area contributed by atoms with Gasteiger partial charge in [0.25, 0.3) is 0 Å². The van der Waals surface area contributed by atoms with Crippen molar-refractivity contribution in [2.24, 2.45) is 0 Å². The third-order valence-electron chi connectivity index (χ3n) is 3.22. The van der Waals surface area contributed by atoms with Crippen molar-refractivity contribution in [3.63, 3.8) is 0 Å². The molecule has 0 bridgehead atoms. The highest BCUT2D eigenvalue weighted by Crippen LogP contribution is 2.26. The Morgan fingerprint density at radius 2 is 1.89 bits per heavy atom. The van der Waals surface area contributed by atoms with Crippen LogP contribution in [0.1, 0.15) is 37.1 Å². The number of nitrogens with one attached hydrogen (secondary N) is 1. The molecule has 0 spiro atoms. The first-order chi connectivity index (χ1) is 8.40. The molecule has 1 heterocycles. The largest absolute Gasteiger partial charge is 0.360 e. The molecule has 102 valence electrons. The standard InChI is InChI=1S/C11H17BrN2O3S/c1-7-11(8(2)17-13-7)18(15,16)14-10-5-3-9(12)4-6-10/h9-10,14H,3-6H2,1-2H3. The molecule has 1 aromatic rings. The van der Waals surface area contributed by atoms with E-state index in [1.807, 2.05) is 0 Å². The second-order valence-electron chi connectivity index (χ2n) is 4.72. The molecule has 0 amide bonds. The predicted molar refractivity (Wildman–Crippen MR) is 71.3 cm³/mol. The lowest BCUT2D eigenvalue weighted by molar-refractivity contribution is 0.390. The fourth-order valence-electron chi connectivity index (χ4n) is 2.31. The highest BCUT2D eigenvalue weighted by molar-refractivity contribution is 9.09. The zero-order valence-electron chi connectivity index (χ0n) is 10.4. The van der Waals surface area contributed by atoms with E-state index in [1.54, 1.807) is 13.8 Å². The van der Waals surface area contributed by atoms with Crippen LogP contribution in [0.5, 0.6) is 0 Å². The maximum Gasteiger partial charge on any atom is 0.246 e. The third kappa shape index (κ3) is 2.95. The van der Waals surface area contributed by atoms with E-state index in [4.69, 9.17) is 4.52 Å². The Morgan fingerprint density at radius 1 is 1.28 bits per heavy atom. The fourth-order valence-corrected chi connectivity index (χ4v) is 4.47. The Bertz CT molecular complexity index is 499. The molecule has 0 radical (unpaired) electrons. The van der Waals surface area contributed by atoms with Gasteiger partial charge < -0.3 is 4.52 Å². The number of hydrogen-bond acceptors (Lipinski definition) is 4. The van der Waals surface area contributed by atoms with Crippen molar-refractivity contribution in [2.75, 3.05) is 0 Å². The molecule has 0 atom stereocenters. The monoisotopic (exact) mass is 336 g/mol. The molecule has 5 nitrogen and oxygen atoms in total. The van der Waals surface area contributed by atoms with Crippen LogP contribution in [-0.2, 0) is 10.0 Å². The van der Waals surface area contributed by atoms with Crippen LogP contribution in [0.25, 0.3) is 0 Å². The Kier molecular flexibility index (Phi) is 4.13. The molecule has 1 saturated carbocycles. The summed E-state index contributed by atoms with van der Waals surface area (Å²) in [6.45, 7) is 3.25. The number of halogens is 1. The van der Waals surface area contributed by atoms with Crippen LogP contribution in [-0.4, -0.2) is 24.4 Å². The molecular formula is C11H17BrN2O3S. The van der Waals surface area contributed by atoms with Crippen molar-refractivity contribution in [1.82, 2.24) is 9.88 Å². The van der Waals surface area contributed by atoms with Crippen LogP contribution in [0, 0.1) is 13.8 Å². The van der Waals surface area contributed by atoms with Gasteiger partial charge >= 0.3 is 0 Å². The SMILES string of the molecule is Cc1noc(C)c1S(=O)(=O)NC1CCC(Br)CC1. The van der Waals surface area contributed by atoms with Gasteiger partial charge in [-0.15, -0.1) is 0 Å². The lowest BCUT2D eigenvalue weighted by Crippen LogP contribution is -2.38. The minimum Gasteiger partial charge on any atom is -0.360 e. The molecule has 18 heavy (non-hydrogen) atoms. The number of aryl methyl sites for hydroxylation is 2. The van der Waals surface area contributed by atoms with E-state index in [-0.39, 0.29) is 10.9 Å². The minimum absolute atomic E-state index is 0.0116. The summed E-state index contributed by atoms with van der Waals surface area (Å²) in [6, 6.07) is 0.0116. The van der Waals surface area contributed by atoms with Gasteiger partial charge in [-0.3, -0.25) is 0 Å². The van der Waals surface area contributed by atoms with Crippen molar-refractivity contribution in [3.8, 4) is 0 Å². The van der Waals surface area contributed by atoms with E-state index in [0.717, 1.165) is 25.7 Å². The summed E-state index contributed by atoms with van der Waals surface area (Å²) in [6.07, 6.45) is 3.71. The van der Waals surface area contributed by atoms with Crippen LogP contribution in [0.2, 0.25) is 0 Å². The molecule has 0 saturated heterocycles. The van der Waals surface area contributed by atoms with E-state index < -0.39 is 10.0 Å². The van der Waals surface area contributed by atoms with E-state index in [1.165, 1.54) is 0 Å². The van der Waals surface area contributed by atoms with Gasteiger partial charge in [-0.05, 0) is 39.5 Å². The zero-order valence-corrected chi connectivity index (χ0v) is 12.8. The predicted octanol–water partition coefficient (Wildman–Crippen LogP) is 2.28. The van der Waals surface area contributed by atoms with Crippen molar-refractivity contribution >= 4 is 26.0 Å². The lowest BCUT2D eigenvalue weighted by atomic mass is 9.96. The van der Waals surface area contributed by atoms with E-state index >= 15 is 0 Å². The van der Waals surface area contributed by atoms with Gasteiger partial charge in [0.2, 0.25) is 10.0 Å². The normalized spacial score (nSPS) is 25.3. The first kappa shape index (κ1) is 14.0. The molecule has 0 unspecified atom stereocenters. The topological polar surface area (TPSA) is 72.2 Å². The zero-order chi connectivity index (χ0) is 13.3. The van der Waals surface area contributed by atoms with Gasteiger partial charge in [0.05, 0.1) is 0 Å². The lowest BCUT2D eigenvalue weighted by Gasteiger charge is -2.25. The number of sulfonamides is 1. The summed E-state index contributed by atoms with van der Waals surface area (Å²) in [5.41, 5.74) is 0.411. The smallest absolute Gasteiger partial charge is 0.246 e. The Hall–Kier alpha value is -0.400. The van der Waals surface area contributed by atoms with Crippen LogP contribution < -0.4 is 4.72 Å². The van der Waals surface area contributed by atoms with Crippen molar-refractivity contribution < 1.29 is 12.9 Å². The third-order valence-corrected chi connectivity index (χ3v) is 5.89. The number of nitrogens with zero attached hydrogens (tertiary/aromatic N) is 1. The van der Waals surface area contributed by atoms with E-state index in [0.29, 0.717) is 16.3 Å². The fraction of sp³-hybridized carbons (Fsp3) is 0.727. The van der Waals surface area contributed by atoms with Crippen LogP contribution in [0.15, 0.2) is 9.42 Å². The number of hydrogen-bond donors (Lipinski definition) is 1. The summed E-state index contributed by atoms with van der Waals surface area (Å²) >= 11 is 3.56. The summed E-state index contributed by atoms with van der Waals surface area (Å²) in [4.78, 5) is 0.695. The maximum absolute atomic E-state index is 12.3. The first-order valence-corrected chi connectivity index (χ1v) is 8.39. The second-order valence-corrected chi connectivity index (χ2v) is 7.67. The number of alkyl halides is 1. The second kappa shape index (κ2) is 5.30. The van der Waals surface area contributed by atoms with Crippen molar-refractivity contribution in [1.29, 1.82) is 0 Å². The molecule has 0 aliphatic heterocycles. The van der Waals surface area contributed by atoms with Crippen LogP contribution in [0.4, 0.5) is 0 Å².